The van der Waals surface area contributed by atoms with Gasteiger partial charge in [-0.2, -0.15) is 0 Å². The predicted molar refractivity (Wildman–Crippen MR) is 77.6 cm³/mol. The van der Waals surface area contributed by atoms with Gasteiger partial charge in [0.1, 0.15) is 0 Å². The summed E-state index contributed by atoms with van der Waals surface area (Å²) >= 11 is 0. The minimum absolute atomic E-state index is 0.960. The quantitative estimate of drug-likeness (QED) is 0.802. The Morgan fingerprint density at radius 3 is 1.44 bits per heavy atom. The van der Waals surface area contributed by atoms with Crippen molar-refractivity contribution >= 4 is 0 Å². The molecular weight excluding hydrogens is 220 g/mol. The number of hydrogen-bond acceptors (Lipinski definition) is 2. The molecule has 0 amide bonds. The Morgan fingerprint density at radius 2 is 1.11 bits per heavy atom. The highest BCUT2D eigenvalue weighted by molar-refractivity contribution is 5.54. The average molecular weight is 242 g/mol. The summed E-state index contributed by atoms with van der Waals surface area (Å²) in [5.74, 6) is 0. The highest BCUT2D eigenvalue weighted by Gasteiger charge is 2.02. The number of aromatic nitrogens is 2. The van der Waals surface area contributed by atoms with E-state index in [4.69, 9.17) is 0 Å². The Bertz CT molecular complexity index is 433. The molecule has 2 rings (SSSR count). The van der Waals surface area contributed by atoms with Gasteiger partial charge in [-0.3, -0.25) is 9.97 Å². The third-order valence-electron chi connectivity index (χ3n) is 2.60. The number of rotatable bonds is 3. The average Bonchev–Trinajstić information content (AvgIpc) is 2.49. The second kappa shape index (κ2) is 7.59. The van der Waals surface area contributed by atoms with E-state index in [1.54, 1.807) is 0 Å². The molecule has 0 fully saturated rings. The van der Waals surface area contributed by atoms with Gasteiger partial charge in [0.05, 0.1) is 11.4 Å². The maximum atomic E-state index is 4.57. The summed E-state index contributed by atoms with van der Waals surface area (Å²) < 4.78 is 0. The van der Waals surface area contributed by atoms with Gasteiger partial charge < -0.3 is 0 Å². The summed E-state index contributed by atoms with van der Waals surface area (Å²) in [6, 6.07) is 12.2. The van der Waals surface area contributed by atoms with E-state index in [0.717, 1.165) is 35.6 Å². The van der Waals surface area contributed by atoms with E-state index in [2.05, 4.69) is 23.8 Å². The van der Waals surface area contributed by atoms with Gasteiger partial charge in [-0.25, -0.2) is 0 Å². The van der Waals surface area contributed by atoms with Crippen molar-refractivity contribution in [3.63, 3.8) is 0 Å². The van der Waals surface area contributed by atoms with Crippen molar-refractivity contribution in [2.45, 2.75) is 40.5 Å². The molecule has 2 aromatic heterocycles. The first kappa shape index (κ1) is 14.4. The van der Waals surface area contributed by atoms with E-state index in [1.807, 2.05) is 50.2 Å². The zero-order chi connectivity index (χ0) is 13.4. The van der Waals surface area contributed by atoms with Crippen LogP contribution in [-0.4, -0.2) is 9.97 Å². The Morgan fingerprint density at radius 1 is 0.722 bits per heavy atom. The summed E-state index contributed by atoms with van der Waals surface area (Å²) in [5, 5.41) is 0. The fourth-order valence-corrected chi connectivity index (χ4v) is 1.64. The summed E-state index contributed by atoms with van der Waals surface area (Å²) in [4.78, 5) is 9.15. The molecule has 0 aliphatic heterocycles. The van der Waals surface area contributed by atoms with Gasteiger partial charge in [-0.15, -0.1) is 0 Å². The van der Waals surface area contributed by atoms with Gasteiger partial charge >= 0.3 is 0 Å². The Kier molecular flexibility index (Phi) is 6.06. The van der Waals surface area contributed by atoms with Crippen LogP contribution in [0.1, 0.15) is 39.1 Å². The van der Waals surface area contributed by atoms with E-state index < -0.39 is 0 Å². The number of aryl methyl sites for hydroxylation is 2. The van der Waals surface area contributed by atoms with Crippen molar-refractivity contribution in [1.29, 1.82) is 0 Å². The lowest BCUT2D eigenvalue weighted by Gasteiger charge is -2.04. The van der Waals surface area contributed by atoms with Crippen LogP contribution < -0.4 is 0 Å². The van der Waals surface area contributed by atoms with Crippen molar-refractivity contribution in [2.24, 2.45) is 0 Å². The first-order valence-electron chi connectivity index (χ1n) is 6.75. The molecule has 0 unspecified atom stereocenters. The molecule has 0 radical (unpaired) electrons. The predicted octanol–water partition coefficient (Wildman–Crippen LogP) is 4.29. The molecule has 2 heterocycles. The van der Waals surface area contributed by atoms with E-state index in [0.29, 0.717) is 0 Å². The van der Waals surface area contributed by atoms with Crippen LogP contribution in [0.25, 0.3) is 11.4 Å². The van der Waals surface area contributed by atoms with Crippen LogP contribution in [0.2, 0.25) is 0 Å². The molecule has 0 aromatic carbocycles. The highest BCUT2D eigenvalue weighted by Crippen LogP contribution is 2.15. The molecular formula is C16H22N2. The minimum atomic E-state index is 0.960. The molecule has 0 N–H and O–H groups in total. The van der Waals surface area contributed by atoms with Crippen molar-refractivity contribution in [1.82, 2.24) is 9.97 Å². The van der Waals surface area contributed by atoms with E-state index in [9.17, 15) is 0 Å². The van der Waals surface area contributed by atoms with Crippen LogP contribution in [0, 0.1) is 0 Å². The van der Waals surface area contributed by atoms with Gasteiger partial charge in [0, 0.05) is 11.4 Å². The molecule has 0 atom stereocenters. The number of hydrogen-bond donors (Lipinski definition) is 0. The summed E-state index contributed by atoms with van der Waals surface area (Å²) in [7, 11) is 0. The van der Waals surface area contributed by atoms with Crippen LogP contribution in [0.4, 0.5) is 0 Å². The van der Waals surface area contributed by atoms with Gasteiger partial charge in [0.2, 0.25) is 0 Å². The standard InChI is InChI=1S/C14H16N2.C2H6/c1-3-11-7-5-9-13(15-11)14-10-6-8-12(4-2)16-14;1-2/h5-10H,3-4H2,1-2H3;1-2H3. The van der Waals surface area contributed by atoms with Crippen LogP contribution in [0.15, 0.2) is 36.4 Å². The molecule has 18 heavy (non-hydrogen) atoms. The van der Waals surface area contributed by atoms with Crippen LogP contribution in [-0.2, 0) is 12.8 Å². The van der Waals surface area contributed by atoms with Crippen molar-refractivity contribution < 1.29 is 0 Å². The van der Waals surface area contributed by atoms with Gasteiger partial charge in [-0.1, -0.05) is 39.8 Å². The lowest BCUT2D eigenvalue weighted by molar-refractivity contribution is 1.01. The first-order valence-corrected chi connectivity index (χ1v) is 6.75. The maximum absolute atomic E-state index is 4.57. The van der Waals surface area contributed by atoms with Crippen molar-refractivity contribution in [3.8, 4) is 11.4 Å². The molecule has 0 bridgehead atoms. The van der Waals surface area contributed by atoms with Crippen LogP contribution >= 0.6 is 0 Å². The smallest absolute Gasteiger partial charge is 0.0889 e. The van der Waals surface area contributed by atoms with Crippen molar-refractivity contribution in [2.75, 3.05) is 0 Å². The normalized spacial score (nSPS) is 9.56. The lowest BCUT2D eigenvalue weighted by atomic mass is 10.2. The summed E-state index contributed by atoms with van der Waals surface area (Å²) in [5.41, 5.74) is 4.16. The molecule has 0 saturated heterocycles. The molecule has 2 nitrogen and oxygen atoms in total. The fourth-order valence-electron chi connectivity index (χ4n) is 1.64. The lowest BCUT2D eigenvalue weighted by Crippen LogP contribution is -1.94. The van der Waals surface area contributed by atoms with E-state index in [1.165, 1.54) is 0 Å². The monoisotopic (exact) mass is 242 g/mol. The molecule has 96 valence electrons. The SMILES string of the molecule is CC.CCc1cccc(-c2cccc(CC)n2)n1. The number of pyridine rings is 2. The molecule has 2 aromatic rings. The molecule has 0 aliphatic rings. The van der Waals surface area contributed by atoms with Gasteiger partial charge in [0.25, 0.3) is 0 Å². The Hall–Kier alpha value is -1.70. The Balaban J connectivity index is 0.000000771. The molecule has 0 aliphatic carbocycles. The number of nitrogens with zero attached hydrogens (tertiary/aromatic N) is 2. The second-order valence-electron chi connectivity index (χ2n) is 3.74. The molecule has 0 spiro atoms. The summed E-state index contributed by atoms with van der Waals surface area (Å²) in [6.07, 6.45) is 1.92. The highest BCUT2D eigenvalue weighted by atomic mass is 14.8. The Labute approximate surface area is 110 Å². The molecule has 2 heteroatoms. The summed E-state index contributed by atoms with van der Waals surface area (Å²) in [6.45, 7) is 8.23. The largest absolute Gasteiger partial charge is 0.251 e. The van der Waals surface area contributed by atoms with Gasteiger partial charge in [0.15, 0.2) is 0 Å². The van der Waals surface area contributed by atoms with Gasteiger partial charge in [-0.05, 0) is 37.1 Å². The fraction of sp³-hybridized carbons (Fsp3) is 0.375. The van der Waals surface area contributed by atoms with Crippen LogP contribution in [0.5, 0.6) is 0 Å². The zero-order valence-corrected chi connectivity index (χ0v) is 11.8. The van der Waals surface area contributed by atoms with E-state index in [-0.39, 0.29) is 0 Å². The third-order valence-corrected chi connectivity index (χ3v) is 2.60. The third kappa shape index (κ3) is 3.66. The second-order valence-corrected chi connectivity index (χ2v) is 3.74. The van der Waals surface area contributed by atoms with Crippen LogP contribution in [0.3, 0.4) is 0 Å². The van der Waals surface area contributed by atoms with Crippen molar-refractivity contribution in [3.05, 3.63) is 47.8 Å². The molecule has 0 saturated carbocycles. The minimum Gasteiger partial charge on any atom is -0.251 e. The topological polar surface area (TPSA) is 25.8 Å². The zero-order valence-electron chi connectivity index (χ0n) is 11.8. The van der Waals surface area contributed by atoms with E-state index >= 15 is 0 Å². The maximum Gasteiger partial charge on any atom is 0.0889 e. The first-order chi connectivity index (χ1) is 8.83.